The molecule has 0 radical (unpaired) electrons. The summed E-state index contributed by atoms with van der Waals surface area (Å²) >= 11 is 4.74. The Hall–Kier alpha value is -2.12. The number of aliphatic hydroxyl groups excluding tert-OH is 1. The van der Waals surface area contributed by atoms with Crippen molar-refractivity contribution in [2.75, 3.05) is 6.54 Å². The fourth-order valence-electron chi connectivity index (χ4n) is 3.73. The molecule has 2 N–H and O–H groups in total. The molecule has 1 saturated heterocycles. The van der Waals surface area contributed by atoms with Gasteiger partial charge in [-0.05, 0) is 34.0 Å². The number of hydrogen-bond acceptors (Lipinski definition) is 7. The minimum Gasteiger partial charge on any atom is -0.392 e. The van der Waals surface area contributed by atoms with E-state index in [0.29, 0.717) is 4.60 Å². The molecule has 3 heterocycles. The van der Waals surface area contributed by atoms with Crippen LogP contribution >= 0.6 is 27.3 Å². The lowest BCUT2D eigenvalue weighted by molar-refractivity contribution is -0.124. The Kier molecular flexibility index (Phi) is 6.50. The number of halogens is 1. The van der Waals surface area contributed by atoms with E-state index >= 15 is 0 Å². The predicted octanol–water partition coefficient (Wildman–Crippen LogP) is 2.05. The number of aryl methyl sites for hydroxylation is 2. The highest BCUT2D eigenvalue weighted by molar-refractivity contribution is 9.10. The smallest absolute Gasteiger partial charge is 0.261 e. The van der Waals surface area contributed by atoms with Gasteiger partial charge in [-0.2, -0.15) is 9.40 Å². The predicted molar refractivity (Wildman–Crippen MR) is 123 cm³/mol. The Balaban J connectivity index is 1.46. The number of sulfonamides is 1. The summed E-state index contributed by atoms with van der Waals surface area (Å²) in [6.07, 6.45) is -0.882. The van der Waals surface area contributed by atoms with Crippen molar-refractivity contribution < 1.29 is 18.3 Å². The number of amides is 1. The summed E-state index contributed by atoms with van der Waals surface area (Å²) in [6.45, 7) is 2.06. The first-order chi connectivity index (χ1) is 15.2. The number of aromatic nitrogens is 3. The maximum atomic E-state index is 13.1. The van der Waals surface area contributed by atoms with Gasteiger partial charge >= 0.3 is 0 Å². The van der Waals surface area contributed by atoms with Crippen molar-refractivity contribution in [3.63, 3.8) is 0 Å². The Labute approximate surface area is 198 Å². The Morgan fingerprint density at radius 3 is 2.66 bits per heavy atom. The van der Waals surface area contributed by atoms with E-state index in [9.17, 15) is 18.3 Å². The zero-order valence-electron chi connectivity index (χ0n) is 17.4. The molecule has 0 saturated carbocycles. The second-order valence-electron chi connectivity index (χ2n) is 7.59. The van der Waals surface area contributed by atoms with Gasteiger partial charge in [0.05, 0.1) is 22.2 Å². The molecule has 2 atom stereocenters. The molecule has 1 aliphatic rings. The summed E-state index contributed by atoms with van der Waals surface area (Å²) in [6, 6.07) is 8.15. The second kappa shape index (κ2) is 9.02. The topological polar surface area (TPSA) is 117 Å². The van der Waals surface area contributed by atoms with E-state index in [0.717, 1.165) is 26.0 Å². The zero-order chi connectivity index (χ0) is 23.0. The molecule has 0 spiro atoms. The number of β-amino-alcohol motifs (C(OH)–C–C–N with tert-alkyl or cyclic N) is 1. The lowest BCUT2D eigenvalue weighted by Crippen LogP contribution is -2.46. The molecule has 0 bridgehead atoms. The monoisotopic (exact) mass is 539 g/mol. The van der Waals surface area contributed by atoms with Gasteiger partial charge < -0.3 is 10.4 Å². The second-order valence-corrected chi connectivity index (χ2v) is 11.1. The number of carbonyl (C=O) groups excluding carboxylic acids is 1. The number of aliphatic hydroxyl groups is 1. The normalized spacial score (nSPS) is 19.4. The lowest BCUT2D eigenvalue weighted by Gasteiger charge is -2.23. The van der Waals surface area contributed by atoms with Crippen LogP contribution in [0.25, 0.3) is 10.4 Å². The van der Waals surface area contributed by atoms with Crippen LogP contribution in [0.15, 0.2) is 45.5 Å². The summed E-state index contributed by atoms with van der Waals surface area (Å²) in [5, 5.41) is 16.9. The van der Waals surface area contributed by atoms with E-state index in [2.05, 4.69) is 31.3 Å². The lowest BCUT2D eigenvalue weighted by atomic mass is 10.1. The third-order valence-electron chi connectivity index (χ3n) is 5.34. The zero-order valence-corrected chi connectivity index (χ0v) is 20.6. The number of thiazole rings is 1. The van der Waals surface area contributed by atoms with Crippen molar-refractivity contribution >= 4 is 43.2 Å². The number of nitrogens with zero attached hydrogens (tertiary/aromatic N) is 4. The van der Waals surface area contributed by atoms with E-state index in [1.807, 2.05) is 31.2 Å². The SMILES string of the molecule is Cc1ncsc1-c1ccc(CNC(=O)[C@@H]2C[C@@H](O)CN2S(=O)(=O)c2cc(Br)nn2C)cc1. The number of rotatable bonds is 6. The number of carbonyl (C=O) groups is 1. The first-order valence-electron chi connectivity index (χ1n) is 9.83. The van der Waals surface area contributed by atoms with Gasteiger partial charge in [-0.1, -0.05) is 24.3 Å². The highest BCUT2D eigenvalue weighted by atomic mass is 79.9. The number of hydrogen-bond donors (Lipinski definition) is 2. The fourth-order valence-corrected chi connectivity index (χ4v) is 6.91. The van der Waals surface area contributed by atoms with Crippen LogP contribution in [0.2, 0.25) is 0 Å². The summed E-state index contributed by atoms with van der Waals surface area (Å²) in [4.78, 5) is 18.2. The maximum Gasteiger partial charge on any atom is 0.261 e. The molecule has 1 fully saturated rings. The van der Waals surface area contributed by atoms with Gasteiger partial charge in [0.1, 0.15) is 10.6 Å². The largest absolute Gasteiger partial charge is 0.392 e. The van der Waals surface area contributed by atoms with E-state index in [1.165, 1.54) is 17.8 Å². The molecule has 1 amide bonds. The molecule has 2 aromatic heterocycles. The first-order valence-corrected chi connectivity index (χ1v) is 12.9. The molecule has 1 aliphatic heterocycles. The minimum atomic E-state index is -4.02. The number of nitrogens with one attached hydrogen (secondary N) is 1. The Morgan fingerprint density at radius 2 is 2.06 bits per heavy atom. The molecule has 12 heteroatoms. The molecular formula is C20H22BrN5O4S2. The summed E-state index contributed by atoms with van der Waals surface area (Å²) in [5.74, 6) is -0.450. The van der Waals surface area contributed by atoms with Crippen LogP contribution < -0.4 is 5.32 Å². The molecule has 4 rings (SSSR count). The fraction of sp³-hybridized carbons (Fsp3) is 0.350. The molecule has 9 nitrogen and oxygen atoms in total. The van der Waals surface area contributed by atoms with E-state index in [1.54, 1.807) is 16.8 Å². The van der Waals surface area contributed by atoms with Crippen LogP contribution in [-0.4, -0.2) is 57.2 Å². The van der Waals surface area contributed by atoms with Gasteiger partial charge in [0, 0.05) is 32.6 Å². The highest BCUT2D eigenvalue weighted by Gasteiger charge is 2.44. The summed E-state index contributed by atoms with van der Waals surface area (Å²) in [5.41, 5.74) is 4.71. The van der Waals surface area contributed by atoms with Gasteiger partial charge in [-0.15, -0.1) is 11.3 Å². The van der Waals surface area contributed by atoms with Crippen molar-refractivity contribution in [1.29, 1.82) is 0 Å². The van der Waals surface area contributed by atoms with Gasteiger partial charge in [-0.25, -0.2) is 13.4 Å². The summed E-state index contributed by atoms with van der Waals surface area (Å²) in [7, 11) is -2.50. The Bertz CT molecular complexity index is 1240. The van der Waals surface area contributed by atoms with Crippen LogP contribution in [0.3, 0.4) is 0 Å². The molecule has 3 aromatic rings. The minimum absolute atomic E-state index is 0.0354. The molecule has 32 heavy (non-hydrogen) atoms. The van der Waals surface area contributed by atoms with Gasteiger partial charge in [0.25, 0.3) is 10.0 Å². The van der Waals surface area contributed by atoms with Crippen LogP contribution in [0.5, 0.6) is 0 Å². The van der Waals surface area contributed by atoms with Gasteiger partial charge in [0.2, 0.25) is 5.91 Å². The van der Waals surface area contributed by atoms with Gasteiger partial charge in [0.15, 0.2) is 5.03 Å². The van der Waals surface area contributed by atoms with Crippen LogP contribution in [0, 0.1) is 6.92 Å². The molecule has 0 aliphatic carbocycles. The average molecular weight is 540 g/mol. The molecule has 170 valence electrons. The molecule has 0 unspecified atom stereocenters. The average Bonchev–Trinajstić information content (AvgIpc) is 3.45. The Morgan fingerprint density at radius 1 is 1.34 bits per heavy atom. The van der Waals surface area contributed by atoms with Crippen molar-refractivity contribution in [1.82, 2.24) is 24.4 Å². The quantitative estimate of drug-likeness (QED) is 0.495. The summed E-state index contributed by atoms with van der Waals surface area (Å²) < 4.78 is 28.9. The van der Waals surface area contributed by atoms with Crippen LogP contribution in [0.4, 0.5) is 0 Å². The first kappa shape index (κ1) is 23.1. The maximum absolute atomic E-state index is 13.1. The van der Waals surface area contributed by atoms with E-state index in [-0.39, 0.29) is 24.5 Å². The third kappa shape index (κ3) is 4.50. The standard InChI is InChI=1S/C20H22BrN5O4S2/c1-12-19(31-11-23-12)14-5-3-13(4-6-14)9-22-20(28)16-7-15(27)10-26(16)32(29,30)18-8-17(21)24-25(18)2/h3-6,8,11,15-16,27H,7,9-10H2,1-2H3,(H,22,28)/t15-,16+/m1/s1. The number of benzene rings is 1. The van der Waals surface area contributed by atoms with Crippen LogP contribution in [0.1, 0.15) is 17.7 Å². The van der Waals surface area contributed by atoms with Crippen molar-refractivity contribution in [2.24, 2.45) is 7.05 Å². The third-order valence-corrected chi connectivity index (χ3v) is 8.64. The van der Waals surface area contributed by atoms with Crippen molar-refractivity contribution in [3.05, 3.63) is 51.7 Å². The van der Waals surface area contributed by atoms with Crippen molar-refractivity contribution in [3.8, 4) is 10.4 Å². The molecule has 1 aromatic carbocycles. The van der Waals surface area contributed by atoms with E-state index in [4.69, 9.17) is 0 Å². The van der Waals surface area contributed by atoms with Crippen molar-refractivity contribution in [2.45, 2.75) is 37.1 Å². The molecular weight excluding hydrogens is 518 g/mol. The van der Waals surface area contributed by atoms with Crippen LogP contribution in [-0.2, 0) is 28.4 Å². The highest BCUT2D eigenvalue weighted by Crippen LogP contribution is 2.29. The van der Waals surface area contributed by atoms with Gasteiger partial charge in [-0.3, -0.25) is 9.48 Å². The van der Waals surface area contributed by atoms with E-state index < -0.39 is 28.1 Å².